The number of hydrogen-bond donors (Lipinski definition) is 2. The second-order valence-electron chi connectivity index (χ2n) is 6.79. The summed E-state index contributed by atoms with van der Waals surface area (Å²) in [7, 11) is 1.62. The SMILES string of the molecule is COCCOc1cccc(C(C)C(C(=O)O)c2ccc3c(n2)NCCC3)c1. The van der Waals surface area contributed by atoms with Crippen molar-refractivity contribution in [2.45, 2.75) is 31.6 Å². The van der Waals surface area contributed by atoms with Gasteiger partial charge in [0, 0.05) is 19.6 Å². The molecule has 2 N–H and O–H groups in total. The topological polar surface area (TPSA) is 80.7 Å². The van der Waals surface area contributed by atoms with E-state index in [0.717, 1.165) is 36.3 Å². The van der Waals surface area contributed by atoms with Gasteiger partial charge in [-0.3, -0.25) is 4.79 Å². The number of aromatic nitrogens is 1. The predicted octanol–water partition coefficient (Wildman–Crippen LogP) is 3.44. The Hall–Kier alpha value is -2.60. The average Bonchev–Trinajstić information content (AvgIpc) is 2.68. The first kappa shape index (κ1) is 19.2. The Morgan fingerprint density at radius 3 is 2.93 bits per heavy atom. The highest BCUT2D eigenvalue weighted by molar-refractivity contribution is 5.77. The van der Waals surface area contributed by atoms with Gasteiger partial charge in [-0.25, -0.2) is 4.98 Å². The molecule has 2 atom stereocenters. The summed E-state index contributed by atoms with van der Waals surface area (Å²) in [6, 6.07) is 11.4. The molecule has 0 saturated heterocycles. The van der Waals surface area contributed by atoms with Crippen LogP contribution in [0.1, 0.15) is 42.0 Å². The largest absolute Gasteiger partial charge is 0.491 e. The summed E-state index contributed by atoms with van der Waals surface area (Å²) < 4.78 is 10.7. The van der Waals surface area contributed by atoms with Crippen LogP contribution in [0.4, 0.5) is 5.82 Å². The van der Waals surface area contributed by atoms with Crippen molar-refractivity contribution in [2.75, 3.05) is 32.2 Å². The van der Waals surface area contributed by atoms with Gasteiger partial charge >= 0.3 is 5.97 Å². The van der Waals surface area contributed by atoms with E-state index >= 15 is 0 Å². The van der Waals surface area contributed by atoms with Crippen LogP contribution in [0, 0.1) is 0 Å². The summed E-state index contributed by atoms with van der Waals surface area (Å²) in [4.78, 5) is 16.7. The van der Waals surface area contributed by atoms with Gasteiger partial charge in [-0.2, -0.15) is 0 Å². The lowest BCUT2D eigenvalue weighted by atomic mass is 9.84. The van der Waals surface area contributed by atoms with Crippen LogP contribution in [0.5, 0.6) is 5.75 Å². The van der Waals surface area contributed by atoms with E-state index in [1.165, 1.54) is 0 Å². The van der Waals surface area contributed by atoms with Crippen LogP contribution in [0.25, 0.3) is 0 Å². The Bertz CT molecular complexity index is 794. The molecule has 3 rings (SSSR count). The molecule has 27 heavy (non-hydrogen) atoms. The lowest BCUT2D eigenvalue weighted by molar-refractivity contribution is -0.139. The molecule has 2 aromatic rings. The van der Waals surface area contributed by atoms with E-state index < -0.39 is 11.9 Å². The average molecular weight is 370 g/mol. The first-order valence-corrected chi connectivity index (χ1v) is 9.28. The summed E-state index contributed by atoms with van der Waals surface area (Å²) in [6.07, 6.45) is 2.05. The molecule has 1 aliphatic heterocycles. The first-order chi connectivity index (χ1) is 13.1. The number of nitrogens with zero attached hydrogens (tertiary/aromatic N) is 1. The van der Waals surface area contributed by atoms with E-state index in [9.17, 15) is 9.90 Å². The monoisotopic (exact) mass is 370 g/mol. The maximum Gasteiger partial charge on any atom is 0.313 e. The third kappa shape index (κ3) is 4.57. The van der Waals surface area contributed by atoms with E-state index in [-0.39, 0.29) is 5.92 Å². The minimum absolute atomic E-state index is 0.248. The van der Waals surface area contributed by atoms with Gasteiger partial charge in [-0.05, 0) is 42.2 Å². The summed E-state index contributed by atoms with van der Waals surface area (Å²) in [5.74, 6) is -0.332. The third-order valence-corrected chi connectivity index (χ3v) is 4.94. The highest BCUT2D eigenvalue weighted by Crippen LogP contribution is 2.35. The van der Waals surface area contributed by atoms with Crippen LogP contribution in [0.2, 0.25) is 0 Å². The van der Waals surface area contributed by atoms with Gasteiger partial charge < -0.3 is 19.9 Å². The van der Waals surface area contributed by atoms with Crippen molar-refractivity contribution in [3.63, 3.8) is 0 Å². The molecule has 0 saturated carbocycles. The number of benzene rings is 1. The summed E-state index contributed by atoms with van der Waals surface area (Å²) in [5.41, 5.74) is 2.63. The van der Waals surface area contributed by atoms with E-state index in [1.807, 2.05) is 43.3 Å². The molecule has 1 aromatic carbocycles. The molecule has 0 bridgehead atoms. The van der Waals surface area contributed by atoms with Crippen molar-refractivity contribution in [2.24, 2.45) is 0 Å². The molecule has 6 heteroatoms. The van der Waals surface area contributed by atoms with Gasteiger partial charge in [-0.1, -0.05) is 25.1 Å². The summed E-state index contributed by atoms with van der Waals surface area (Å²) in [6.45, 7) is 3.75. The fourth-order valence-electron chi connectivity index (χ4n) is 3.44. The normalized spacial score (nSPS) is 15.3. The van der Waals surface area contributed by atoms with E-state index in [2.05, 4.69) is 10.3 Å². The molecule has 144 valence electrons. The number of hydrogen-bond acceptors (Lipinski definition) is 5. The quantitative estimate of drug-likeness (QED) is 0.693. The number of ether oxygens (including phenoxy) is 2. The molecule has 1 aromatic heterocycles. The smallest absolute Gasteiger partial charge is 0.313 e. The molecule has 6 nitrogen and oxygen atoms in total. The number of carboxylic acid groups (broad SMARTS) is 1. The highest BCUT2D eigenvalue weighted by Gasteiger charge is 2.30. The van der Waals surface area contributed by atoms with E-state index in [4.69, 9.17) is 9.47 Å². The Balaban J connectivity index is 1.84. The number of carbonyl (C=O) groups is 1. The van der Waals surface area contributed by atoms with Gasteiger partial charge in [0.2, 0.25) is 0 Å². The van der Waals surface area contributed by atoms with Gasteiger partial charge in [0.05, 0.1) is 12.3 Å². The molecule has 0 fully saturated rings. The Morgan fingerprint density at radius 2 is 2.15 bits per heavy atom. The van der Waals surface area contributed by atoms with Gasteiger partial charge in [0.15, 0.2) is 0 Å². The molecular weight excluding hydrogens is 344 g/mol. The minimum atomic E-state index is -0.878. The number of anilines is 1. The number of pyridine rings is 1. The zero-order chi connectivity index (χ0) is 19.2. The van der Waals surface area contributed by atoms with Crippen LogP contribution in [-0.4, -0.2) is 42.9 Å². The number of methoxy groups -OCH3 is 1. The molecule has 0 aliphatic carbocycles. The fourth-order valence-corrected chi connectivity index (χ4v) is 3.44. The predicted molar refractivity (Wildman–Crippen MR) is 104 cm³/mol. The molecule has 1 aliphatic rings. The second kappa shape index (κ2) is 8.86. The molecule has 0 radical (unpaired) electrons. The number of fused-ring (bicyclic) bond motifs is 1. The van der Waals surface area contributed by atoms with Gasteiger partial charge in [-0.15, -0.1) is 0 Å². The standard InChI is InChI=1S/C21H26N2O4/c1-14(16-5-3-7-17(13-16)27-12-11-26-2)19(21(24)25)18-9-8-15-6-4-10-22-20(15)23-18/h3,5,7-9,13-14,19H,4,6,10-12H2,1-2H3,(H,22,23)(H,24,25). The maximum absolute atomic E-state index is 12.1. The fraction of sp³-hybridized carbons (Fsp3) is 0.429. The van der Waals surface area contributed by atoms with Crippen molar-refractivity contribution >= 4 is 11.8 Å². The van der Waals surface area contributed by atoms with Crippen LogP contribution in [-0.2, 0) is 16.0 Å². The van der Waals surface area contributed by atoms with Gasteiger partial charge in [0.25, 0.3) is 0 Å². The van der Waals surface area contributed by atoms with Crippen LogP contribution in [0.15, 0.2) is 36.4 Å². The van der Waals surface area contributed by atoms with Crippen molar-refractivity contribution in [1.29, 1.82) is 0 Å². The molecule has 0 amide bonds. The van der Waals surface area contributed by atoms with Crippen LogP contribution in [0.3, 0.4) is 0 Å². The maximum atomic E-state index is 12.1. The molecule has 0 spiro atoms. The van der Waals surface area contributed by atoms with Crippen LogP contribution < -0.4 is 10.1 Å². The molecule has 2 unspecified atom stereocenters. The molecular formula is C21H26N2O4. The number of nitrogens with one attached hydrogen (secondary N) is 1. The zero-order valence-electron chi connectivity index (χ0n) is 15.8. The zero-order valence-corrected chi connectivity index (χ0v) is 15.8. The van der Waals surface area contributed by atoms with E-state index in [1.54, 1.807) is 7.11 Å². The van der Waals surface area contributed by atoms with Crippen molar-refractivity contribution in [1.82, 2.24) is 4.98 Å². The molecule has 2 heterocycles. The Labute approximate surface area is 159 Å². The van der Waals surface area contributed by atoms with Crippen molar-refractivity contribution in [3.05, 3.63) is 53.2 Å². The highest BCUT2D eigenvalue weighted by atomic mass is 16.5. The van der Waals surface area contributed by atoms with Crippen molar-refractivity contribution < 1.29 is 19.4 Å². The van der Waals surface area contributed by atoms with Crippen LogP contribution >= 0.6 is 0 Å². The van der Waals surface area contributed by atoms with E-state index in [0.29, 0.717) is 24.7 Å². The third-order valence-electron chi connectivity index (χ3n) is 4.94. The number of carboxylic acids is 1. The summed E-state index contributed by atoms with van der Waals surface area (Å²) in [5, 5.41) is 13.2. The lowest BCUT2D eigenvalue weighted by Crippen LogP contribution is -2.21. The van der Waals surface area contributed by atoms with Crippen molar-refractivity contribution in [3.8, 4) is 5.75 Å². The number of aliphatic carboxylic acids is 1. The Kier molecular flexibility index (Phi) is 6.29. The lowest BCUT2D eigenvalue weighted by Gasteiger charge is -2.23. The Morgan fingerprint density at radius 1 is 1.30 bits per heavy atom. The first-order valence-electron chi connectivity index (χ1n) is 9.28. The summed E-state index contributed by atoms with van der Waals surface area (Å²) >= 11 is 0. The van der Waals surface area contributed by atoms with Gasteiger partial charge in [0.1, 0.15) is 24.1 Å². The number of rotatable bonds is 8. The number of aryl methyl sites for hydroxylation is 1. The second-order valence-corrected chi connectivity index (χ2v) is 6.79. The minimum Gasteiger partial charge on any atom is -0.491 e.